The van der Waals surface area contributed by atoms with E-state index >= 15 is 0 Å². The second-order valence-corrected chi connectivity index (χ2v) is 7.23. The van der Waals surface area contributed by atoms with E-state index in [9.17, 15) is 4.79 Å². The molecular formula is C21H26Cl2N4O. The van der Waals surface area contributed by atoms with Gasteiger partial charge in [0.05, 0.1) is 22.9 Å². The van der Waals surface area contributed by atoms with Crippen LogP contribution >= 0.6 is 24.8 Å². The number of benzene rings is 2. The van der Waals surface area contributed by atoms with Crippen molar-refractivity contribution >= 4 is 41.8 Å². The minimum Gasteiger partial charge on any atom is -0.350 e. The molecule has 0 atom stereocenters. The van der Waals surface area contributed by atoms with Gasteiger partial charge in [0, 0.05) is 13.1 Å². The summed E-state index contributed by atoms with van der Waals surface area (Å²) in [6.45, 7) is 1.26. The SMILES string of the molecule is Cl.Cl.NC1(C(=O)NCc2cccc(Cn3cnc4ccccc43)c2)CCCC1. The number of halogens is 2. The van der Waals surface area contributed by atoms with Gasteiger partial charge >= 0.3 is 0 Å². The van der Waals surface area contributed by atoms with Crippen molar-refractivity contribution in [3.8, 4) is 0 Å². The number of hydrogen-bond donors (Lipinski definition) is 2. The maximum atomic E-state index is 12.4. The zero-order valence-corrected chi connectivity index (χ0v) is 17.3. The van der Waals surface area contributed by atoms with Crippen molar-refractivity contribution in [2.24, 2.45) is 5.73 Å². The van der Waals surface area contributed by atoms with E-state index in [0.717, 1.165) is 48.8 Å². The molecule has 1 amide bonds. The summed E-state index contributed by atoms with van der Waals surface area (Å²) in [5.74, 6) is -0.0268. The van der Waals surface area contributed by atoms with Gasteiger partial charge in [-0.1, -0.05) is 49.2 Å². The van der Waals surface area contributed by atoms with Crippen LogP contribution < -0.4 is 11.1 Å². The number of para-hydroxylation sites is 2. The van der Waals surface area contributed by atoms with E-state index in [0.29, 0.717) is 6.54 Å². The lowest BCUT2D eigenvalue weighted by molar-refractivity contribution is -0.126. The number of nitrogens with two attached hydrogens (primary N) is 1. The lowest BCUT2D eigenvalue weighted by atomic mass is 9.98. The molecule has 1 aliphatic rings. The second-order valence-electron chi connectivity index (χ2n) is 7.23. The number of aromatic nitrogens is 2. The summed E-state index contributed by atoms with van der Waals surface area (Å²) >= 11 is 0. The van der Waals surface area contributed by atoms with Crippen LogP contribution in [0.5, 0.6) is 0 Å². The van der Waals surface area contributed by atoms with E-state index in [4.69, 9.17) is 5.73 Å². The number of carbonyl (C=O) groups is 1. The molecule has 1 fully saturated rings. The predicted octanol–water partition coefficient (Wildman–Crippen LogP) is 3.82. The molecule has 4 rings (SSSR count). The van der Waals surface area contributed by atoms with Gasteiger partial charge in [0.2, 0.25) is 5.91 Å². The van der Waals surface area contributed by atoms with Crippen LogP contribution in [0, 0.1) is 0 Å². The van der Waals surface area contributed by atoms with Crippen molar-refractivity contribution in [3.05, 3.63) is 66.0 Å². The Morgan fingerprint density at radius 3 is 2.57 bits per heavy atom. The third kappa shape index (κ3) is 4.66. The van der Waals surface area contributed by atoms with Gasteiger partial charge in [0.15, 0.2) is 0 Å². The van der Waals surface area contributed by atoms with E-state index in [2.05, 4.69) is 33.1 Å². The van der Waals surface area contributed by atoms with Crippen LogP contribution in [0.2, 0.25) is 0 Å². The number of hydrogen-bond acceptors (Lipinski definition) is 3. The molecule has 0 aliphatic heterocycles. The summed E-state index contributed by atoms with van der Waals surface area (Å²) in [5, 5.41) is 3.01. The molecule has 1 heterocycles. The monoisotopic (exact) mass is 420 g/mol. The summed E-state index contributed by atoms with van der Waals surface area (Å²) in [5.41, 5.74) is 9.94. The fourth-order valence-electron chi connectivity index (χ4n) is 3.76. The molecule has 0 saturated heterocycles. The number of nitrogens with zero attached hydrogens (tertiary/aromatic N) is 2. The van der Waals surface area contributed by atoms with Crippen LogP contribution in [-0.4, -0.2) is 21.0 Å². The Morgan fingerprint density at radius 2 is 1.79 bits per heavy atom. The zero-order chi connectivity index (χ0) is 18.0. The molecule has 3 N–H and O–H groups in total. The summed E-state index contributed by atoms with van der Waals surface area (Å²) in [6, 6.07) is 16.4. The predicted molar refractivity (Wildman–Crippen MR) is 117 cm³/mol. The molecule has 1 aliphatic carbocycles. The number of fused-ring (bicyclic) bond motifs is 1. The minimum absolute atomic E-state index is 0. The standard InChI is InChI=1S/C21H24N4O.2ClH/c22-21(10-3-4-11-21)20(26)23-13-16-6-5-7-17(12-16)14-25-15-24-18-8-1-2-9-19(18)25;;/h1-2,5-9,12,15H,3-4,10-11,13-14,22H2,(H,23,26);2*1H. The Labute approximate surface area is 177 Å². The Kier molecular flexibility index (Phi) is 7.47. The van der Waals surface area contributed by atoms with Crippen LogP contribution in [0.4, 0.5) is 0 Å². The van der Waals surface area contributed by atoms with Gasteiger partial charge in [0.25, 0.3) is 0 Å². The molecular weight excluding hydrogens is 395 g/mol. The third-order valence-corrected chi connectivity index (χ3v) is 5.27. The maximum absolute atomic E-state index is 12.4. The van der Waals surface area contributed by atoms with Crippen molar-refractivity contribution in [2.45, 2.75) is 44.3 Å². The first-order valence-corrected chi connectivity index (χ1v) is 9.19. The molecule has 0 bridgehead atoms. The Bertz CT molecular complexity index is 935. The lowest BCUT2D eigenvalue weighted by Gasteiger charge is -2.22. The van der Waals surface area contributed by atoms with Crippen molar-refractivity contribution in [3.63, 3.8) is 0 Å². The molecule has 5 nitrogen and oxygen atoms in total. The molecule has 150 valence electrons. The topological polar surface area (TPSA) is 72.9 Å². The van der Waals surface area contributed by atoms with E-state index in [1.807, 2.05) is 36.7 Å². The van der Waals surface area contributed by atoms with Gasteiger partial charge in [0.1, 0.15) is 0 Å². The number of amides is 1. The number of carbonyl (C=O) groups excluding carboxylic acids is 1. The van der Waals surface area contributed by atoms with Gasteiger partial charge in [-0.25, -0.2) is 4.98 Å². The van der Waals surface area contributed by atoms with E-state index in [1.165, 1.54) is 5.56 Å². The highest BCUT2D eigenvalue weighted by Gasteiger charge is 2.36. The smallest absolute Gasteiger partial charge is 0.240 e. The van der Waals surface area contributed by atoms with Crippen molar-refractivity contribution < 1.29 is 4.79 Å². The van der Waals surface area contributed by atoms with Crippen molar-refractivity contribution in [1.29, 1.82) is 0 Å². The third-order valence-electron chi connectivity index (χ3n) is 5.27. The highest BCUT2D eigenvalue weighted by Crippen LogP contribution is 2.27. The minimum atomic E-state index is -0.673. The highest BCUT2D eigenvalue weighted by atomic mass is 35.5. The number of rotatable bonds is 5. The largest absolute Gasteiger partial charge is 0.350 e. The van der Waals surface area contributed by atoms with Gasteiger partial charge in [-0.2, -0.15) is 0 Å². The molecule has 2 aromatic carbocycles. The van der Waals surface area contributed by atoms with Gasteiger partial charge < -0.3 is 15.6 Å². The molecule has 1 saturated carbocycles. The van der Waals surface area contributed by atoms with E-state index in [-0.39, 0.29) is 30.7 Å². The van der Waals surface area contributed by atoms with Crippen LogP contribution in [-0.2, 0) is 17.9 Å². The molecule has 0 radical (unpaired) electrons. The summed E-state index contributed by atoms with van der Waals surface area (Å²) in [7, 11) is 0. The maximum Gasteiger partial charge on any atom is 0.240 e. The van der Waals surface area contributed by atoms with Gasteiger partial charge in [-0.15, -0.1) is 24.8 Å². The molecule has 7 heteroatoms. The summed E-state index contributed by atoms with van der Waals surface area (Å²) in [4.78, 5) is 16.8. The Balaban J connectivity index is 0.00000140. The summed E-state index contributed by atoms with van der Waals surface area (Å²) in [6.07, 6.45) is 5.52. The fraction of sp³-hybridized carbons (Fsp3) is 0.333. The first-order valence-electron chi connectivity index (χ1n) is 9.19. The van der Waals surface area contributed by atoms with E-state index < -0.39 is 5.54 Å². The average molecular weight is 421 g/mol. The quantitative estimate of drug-likeness (QED) is 0.658. The van der Waals surface area contributed by atoms with Crippen LogP contribution in [0.3, 0.4) is 0 Å². The molecule has 28 heavy (non-hydrogen) atoms. The molecule has 0 spiro atoms. The molecule has 0 unspecified atom stereocenters. The Morgan fingerprint density at radius 1 is 1.07 bits per heavy atom. The highest BCUT2D eigenvalue weighted by molar-refractivity contribution is 5.86. The van der Waals surface area contributed by atoms with Gasteiger partial charge in [-0.05, 0) is 36.1 Å². The van der Waals surface area contributed by atoms with Crippen molar-refractivity contribution in [2.75, 3.05) is 0 Å². The van der Waals surface area contributed by atoms with Crippen LogP contribution in [0.1, 0.15) is 36.8 Å². The van der Waals surface area contributed by atoms with Crippen LogP contribution in [0.25, 0.3) is 11.0 Å². The zero-order valence-electron chi connectivity index (χ0n) is 15.6. The van der Waals surface area contributed by atoms with Crippen LogP contribution in [0.15, 0.2) is 54.9 Å². The van der Waals surface area contributed by atoms with E-state index in [1.54, 1.807) is 0 Å². The number of imidazole rings is 1. The Hall–Kier alpha value is -2.08. The van der Waals surface area contributed by atoms with Crippen molar-refractivity contribution in [1.82, 2.24) is 14.9 Å². The lowest BCUT2D eigenvalue weighted by Crippen LogP contribution is -2.51. The molecule has 3 aromatic rings. The van der Waals surface area contributed by atoms with Gasteiger partial charge in [-0.3, -0.25) is 4.79 Å². The first kappa shape index (κ1) is 22.2. The summed E-state index contributed by atoms with van der Waals surface area (Å²) < 4.78 is 2.14. The molecule has 1 aromatic heterocycles. The average Bonchev–Trinajstić information content (AvgIpc) is 3.28. The number of nitrogens with one attached hydrogen (secondary N) is 1. The second kappa shape index (κ2) is 9.41. The normalized spacial score (nSPS) is 14.9. The fourth-order valence-corrected chi connectivity index (χ4v) is 3.76. The first-order chi connectivity index (χ1) is 12.6.